The molecule has 0 bridgehead atoms. The molecule has 0 aliphatic rings. The van der Waals surface area contributed by atoms with Crippen LogP contribution < -0.4 is 4.74 Å². The number of hydrogen-bond acceptors (Lipinski definition) is 3. The molecule has 0 unspecified atom stereocenters. The molecule has 0 heterocycles. The predicted molar refractivity (Wildman–Crippen MR) is 83.1 cm³/mol. The summed E-state index contributed by atoms with van der Waals surface area (Å²) in [4.78, 5) is 0. The number of rotatable bonds is 5. The molecule has 0 saturated carbocycles. The Labute approximate surface area is 123 Å². The van der Waals surface area contributed by atoms with Gasteiger partial charge in [0.1, 0.15) is 5.75 Å². The summed E-state index contributed by atoms with van der Waals surface area (Å²) in [7, 11) is 1.78. The molecule has 2 aromatic carbocycles. The highest BCUT2D eigenvalue weighted by Gasteiger charge is 2.06. The number of hydrogen-bond donors (Lipinski definition) is 0. The van der Waals surface area contributed by atoms with Crippen LogP contribution in [0.4, 0.5) is 0 Å². The van der Waals surface area contributed by atoms with E-state index in [0.29, 0.717) is 6.42 Å². The Morgan fingerprint density at radius 2 is 1.75 bits per heavy atom. The smallest absolute Gasteiger partial charge is 0.232 e. The van der Waals surface area contributed by atoms with Gasteiger partial charge < -0.3 is 4.74 Å². The second-order valence-electron chi connectivity index (χ2n) is 5.00. The van der Waals surface area contributed by atoms with E-state index in [1.807, 2.05) is 50.2 Å². The summed E-state index contributed by atoms with van der Waals surface area (Å²) in [5.41, 5.74) is 0.958. The summed E-state index contributed by atoms with van der Waals surface area (Å²) in [6.45, 7) is 3.97. The molecule has 0 saturated heterocycles. The lowest BCUT2D eigenvalue weighted by Crippen LogP contribution is -2.05. The highest BCUT2D eigenvalue weighted by atomic mass is 35.7. The van der Waals surface area contributed by atoms with Crippen LogP contribution >= 0.6 is 10.7 Å². The second kappa shape index (κ2) is 6.02. The molecule has 0 fully saturated rings. The first-order valence-electron chi connectivity index (χ1n) is 6.45. The Hall–Kier alpha value is -1.26. The molecule has 0 amide bonds. The minimum Gasteiger partial charge on any atom is -0.491 e. The largest absolute Gasteiger partial charge is 0.491 e. The zero-order valence-electron chi connectivity index (χ0n) is 11.5. The van der Waals surface area contributed by atoms with Crippen LogP contribution in [0.2, 0.25) is 0 Å². The molecule has 20 heavy (non-hydrogen) atoms. The minimum atomic E-state index is -3.44. The van der Waals surface area contributed by atoms with Crippen molar-refractivity contribution in [2.75, 3.05) is 5.75 Å². The number of ether oxygens (including phenoxy) is 1. The van der Waals surface area contributed by atoms with Crippen molar-refractivity contribution in [2.45, 2.75) is 26.4 Å². The lowest BCUT2D eigenvalue weighted by atomic mass is 10.1. The lowest BCUT2D eigenvalue weighted by Gasteiger charge is -2.10. The Morgan fingerprint density at radius 1 is 1.10 bits per heavy atom. The average molecular weight is 313 g/mol. The van der Waals surface area contributed by atoms with Gasteiger partial charge in [-0.3, -0.25) is 0 Å². The number of benzene rings is 2. The molecule has 0 aliphatic heterocycles. The van der Waals surface area contributed by atoms with Gasteiger partial charge in [0.15, 0.2) is 0 Å². The lowest BCUT2D eigenvalue weighted by molar-refractivity contribution is 0.243. The fourth-order valence-corrected chi connectivity index (χ4v) is 2.73. The van der Waals surface area contributed by atoms with E-state index in [-0.39, 0.29) is 11.9 Å². The van der Waals surface area contributed by atoms with E-state index >= 15 is 0 Å². The molecule has 0 spiro atoms. The molecule has 0 radical (unpaired) electrons. The molecule has 5 heteroatoms. The van der Waals surface area contributed by atoms with E-state index in [0.717, 1.165) is 22.1 Å². The monoisotopic (exact) mass is 312 g/mol. The van der Waals surface area contributed by atoms with Gasteiger partial charge in [0, 0.05) is 10.7 Å². The minimum absolute atomic E-state index is 0.0470. The molecule has 2 rings (SSSR count). The van der Waals surface area contributed by atoms with E-state index in [2.05, 4.69) is 0 Å². The van der Waals surface area contributed by atoms with Crippen LogP contribution in [-0.4, -0.2) is 20.3 Å². The molecule has 0 N–H and O–H groups in total. The zero-order valence-corrected chi connectivity index (χ0v) is 13.0. The molecule has 0 atom stereocenters. The Balaban J connectivity index is 2.22. The van der Waals surface area contributed by atoms with Crippen molar-refractivity contribution in [1.82, 2.24) is 0 Å². The fourth-order valence-electron chi connectivity index (χ4n) is 2.01. The zero-order chi connectivity index (χ0) is 14.8. The maximum atomic E-state index is 11.0. The van der Waals surface area contributed by atoms with E-state index in [9.17, 15) is 8.42 Å². The SMILES string of the molecule is CC(C)Oc1ccc2cc(CCS(=O)(=O)Cl)ccc2c1. The maximum absolute atomic E-state index is 11.0. The van der Waals surface area contributed by atoms with Gasteiger partial charge in [-0.2, -0.15) is 0 Å². The number of fused-ring (bicyclic) bond motifs is 1. The number of aryl methyl sites for hydroxylation is 1. The van der Waals surface area contributed by atoms with Gasteiger partial charge in [0.25, 0.3) is 0 Å². The van der Waals surface area contributed by atoms with Gasteiger partial charge in [-0.05, 0) is 48.7 Å². The van der Waals surface area contributed by atoms with E-state index in [4.69, 9.17) is 15.4 Å². The third-order valence-corrected chi connectivity index (χ3v) is 4.04. The highest BCUT2D eigenvalue weighted by molar-refractivity contribution is 8.13. The third-order valence-electron chi connectivity index (χ3n) is 2.88. The summed E-state index contributed by atoms with van der Waals surface area (Å²) >= 11 is 0. The van der Waals surface area contributed by atoms with E-state index in [1.54, 1.807) is 0 Å². The summed E-state index contributed by atoms with van der Waals surface area (Å²) in [5, 5.41) is 2.13. The Bertz CT molecular complexity index is 708. The standard InChI is InChI=1S/C15H17ClO3S/c1-11(2)19-15-6-5-13-9-12(3-4-14(13)10-15)7-8-20(16,17)18/h3-6,9-11H,7-8H2,1-2H3. The third kappa shape index (κ3) is 4.39. The van der Waals surface area contributed by atoms with Gasteiger partial charge in [0.05, 0.1) is 11.9 Å². The predicted octanol–water partition coefficient (Wildman–Crippen LogP) is 3.74. The van der Waals surface area contributed by atoms with Crippen LogP contribution in [0.1, 0.15) is 19.4 Å². The van der Waals surface area contributed by atoms with Gasteiger partial charge in [0.2, 0.25) is 9.05 Å². The van der Waals surface area contributed by atoms with Crippen LogP contribution in [0.25, 0.3) is 10.8 Å². The molecule has 0 aromatic heterocycles. The van der Waals surface area contributed by atoms with E-state index in [1.165, 1.54) is 0 Å². The Kier molecular flexibility index (Phi) is 4.55. The molecule has 108 valence electrons. The van der Waals surface area contributed by atoms with Crippen LogP contribution in [-0.2, 0) is 15.5 Å². The summed E-state index contributed by atoms with van der Waals surface area (Å²) < 4.78 is 27.6. The quantitative estimate of drug-likeness (QED) is 0.790. The van der Waals surface area contributed by atoms with Crippen LogP contribution in [0.5, 0.6) is 5.75 Å². The van der Waals surface area contributed by atoms with Crippen molar-refractivity contribution in [3.63, 3.8) is 0 Å². The molecule has 0 aliphatic carbocycles. The molecule has 3 nitrogen and oxygen atoms in total. The van der Waals surface area contributed by atoms with Gasteiger partial charge in [-0.1, -0.05) is 24.3 Å². The average Bonchev–Trinajstić information content (AvgIpc) is 2.34. The summed E-state index contributed by atoms with van der Waals surface area (Å²) in [6.07, 6.45) is 0.562. The van der Waals surface area contributed by atoms with Crippen molar-refractivity contribution in [3.8, 4) is 5.75 Å². The van der Waals surface area contributed by atoms with Crippen molar-refractivity contribution in [1.29, 1.82) is 0 Å². The van der Waals surface area contributed by atoms with Crippen molar-refractivity contribution >= 4 is 30.5 Å². The van der Waals surface area contributed by atoms with Crippen molar-refractivity contribution in [2.24, 2.45) is 0 Å². The topological polar surface area (TPSA) is 43.4 Å². The summed E-state index contributed by atoms with van der Waals surface area (Å²) in [6, 6.07) is 11.8. The maximum Gasteiger partial charge on any atom is 0.232 e. The van der Waals surface area contributed by atoms with Crippen LogP contribution in [0, 0.1) is 0 Å². The van der Waals surface area contributed by atoms with Gasteiger partial charge in [-0.25, -0.2) is 8.42 Å². The fraction of sp³-hybridized carbons (Fsp3) is 0.333. The van der Waals surface area contributed by atoms with Crippen molar-refractivity contribution in [3.05, 3.63) is 42.0 Å². The van der Waals surface area contributed by atoms with Crippen LogP contribution in [0.15, 0.2) is 36.4 Å². The second-order valence-corrected chi connectivity index (χ2v) is 7.90. The first-order valence-corrected chi connectivity index (χ1v) is 8.93. The normalized spacial score (nSPS) is 12.0. The molecule has 2 aromatic rings. The van der Waals surface area contributed by atoms with Crippen LogP contribution in [0.3, 0.4) is 0 Å². The first-order chi connectivity index (χ1) is 9.33. The summed E-state index contributed by atoms with van der Waals surface area (Å²) in [5.74, 6) is 0.790. The van der Waals surface area contributed by atoms with Gasteiger partial charge in [-0.15, -0.1) is 0 Å². The Morgan fingerprint density at radius 3 is 2.40 bits per heavy atom. The molecular weight excluding hydrogens is 296 g/mol. The van der Waals surface area contributed by atoms with Crippen molar-refractivity contribution < 1.29 is 13.2 Å². The molecular formula is C15H17ClO3S. The number of halogens is 1. The first kappa shape index (κ1) is 15.1. The van der Waals surface area contributed by atoms with E-state index < -0.39 is 9.05 Å². The van der Waals surface area contributed by atoms with Gasteiger partial charge >= 0.3 is 0 Å². The highest BCUT2D eigenvalue weighted by Crippen LogP contribution is 2.23.